The first kappa shape index (κ1) is 13.5. The molecule has 4 nitrogen and oxygen atoms in total. The number of aryl methyl sites for hydroxylation is 2. The molecule has 1 heterocycles. The first-order valence-electron chi connectivity index (χ1n) is 5.69. The molecule has 0 unspecified atom stereocenters. The maximum Gasteiger partial charge on any atom is 0.254 e. The van der Waals surface area contributed by atoms with Crippen molar-refractivity contribution < 1.29 is 9.18 Å². The van der Waals surface area contributed by atoms with Crippen LogP contribution in [-0.4, -0.2) is 15.7 Å². The average Bonchev–Trinajstić information content (AvgIpc) is 2.68. The standard InChI is InChI=1S/C13H13ClFN3O/c1-8-9(7-18(2)17-8)6-16-13(19)11-5-10(14)3-4-12(11)15/h3-5,7H,6H2,1-2H3,(H,16,19). The fraction of sp³-hybridized carbons (Fsp3) is 0.231. The predicted octanol–water partition coefficient (Wildman–Crippen LogP) is 2.45. The number of amides is 1. The summed E-state index contributed by atoms with van der Waals surface area (Å²) in [4.78, 5) is 11.9. The molecule has 19 heavy (non-hydrogen) atoms. The molecule has 0 aliphatic heterocycles. The number of carbonyl (C=O) groups excluding carboxylic acids is 1. The van der Waals surface area contributed by atoms with Gasteiger partial charge in [-0.1, -0.05) is 11.6 Å². The molecule has 2 rings (SSSR count). The van der Waals surface area contributed by atoms with Crippen molar-refractivity contribution in [1.29, 1.82) is 0 Å². The van der Waals surface area contributed by atoms with Gasteiger partial charge in [0.05, 0.1) is 11.3 Å². The summed E-state index contributed by atoms with van der Waals surface area (Å²) in [6.45, 7) is 2.14. The van der Waals surface area contributed by atoms with Crippen LogP contribution in [0.15, 0.2) is 24.4 Å². The summed E-state index contributed by atoms with van der Waals surface area (Å²) in [5.74, 6) is -1.09. The molecular weight excluding hydrogens is 269 g/mol. The zero-order chi connectivity index (χ0) is 14.0. The van der Waals surface area contributed by atoms with E-state index in [-0.39, 0.29) is 5.56 Å². The normalized spacial score (nSPS) is 10.5. The van der Waals surface area contributed by atoms with Gasteiger partial charge in [0, 0.05) is 30.4 Å². The summed E-state index contributed by atoms with van der Waals surface area (Å²) in [6, 6.07) is 3.88. The Morgan fingerprint density at radius 1 is 1.53 bits per heavy atom. The molecule has 0 aliphatic carbocycles. The second-order valence-electron chi connectivity index (χ2n) is 4.22. The van der Waals surface area contributed by atoms with Crippen molar-refractivity contribution in [3.8, 4) is 0 Å². The lowest BCUT2D eigenvalue weighted by Gasteiger charge is -2.05. The SMILES string of the molecule is Cc1nn(C)cc1CNC(=O)c1cc(Cl)ccc1F. The number of hydrogen-bond donors (Lipinski definition) is 1. The number of carbonyl (C=O) groups is 1. The van der Waals surface area contributed by atoms with Crippen molar-refractivity contribution in [2.75, 3.05) is 0 Å². The summed E-state index contributed by atoms with van der Waals surface area (Å²) < 4.78 is 15.2. The Balaban J connectivity index is 2.09. The van der Waals surface area contributed by atoms with Gasteiger partial charge < -0.3 is 5.32 Å². The van der Waals surface area contributed by atoms with Crippen LogP contribution >= 0.6 is 11.6 Å². The van der Waals surface area contributed by atoms with E-state index in [0.717, 1.165) is 11.3 Å². The molecule has 1 aromatic carbocycles. The number of nitrogens with zero attached hydrogens (tertiary/aromatic N) is 2. The van der Waals surface area contributed by atoms with Crippen LogP contribution in [-0.2, 0) is 13.6 Å². The van der Waals surface area contributed by atoms with E-state index in [1.165, 1.54) is 18.2 Å². The Hall–Kier alpha value is -1.88. The Kier molecular flexibility index (Phi) is 3.85. The first-order chi connectivity index (χ1) is 8.97. The minimum absolute atomic E-state index is 0.0611. The fourth-order valence-corrected chi connectivity index (χ4v) is 1.94. The lowest BCUT2D eigenvalue weighted by Crippen LogP contribution is -2.24. The fourth-order valence-electron chi connectivity index (χ4n) is 1.76. The Bertz CT molecular complexity index is 624. The van der Waals surface area contributed by atoms with E-state index in [4.69, 9.17) is 11.6 Å². The lowest BCUT2D eigenvalue weighted by molar-refractivity contribution is 0.0947. The molecule has 0 bridgehead atoms. The van der Waals surface area contributed by atoms with Gasteiger partial charge in [-0.3, -0.25) is 9.48 Å². The zero-order valence-electron chi connectivity index (χ0n) is 10.6. The second-order valence-corrected chi connectivity index (χ2v) is 4.66. The van der Waals surface area contributed by atoms with Crippen LogP contribution in [0.5, 0.6) is 0 Å². The van der Waals surface area contributed by atoms with E-state index in [1.54, 1.807) is 11.7 Å². The molecule has 0 saturated carbocycles. The van der Waals surface area contributed by atoms with Crippen LogP contribution < -0.4 is 5.32 Å². The molecule has 1 N–H and O–H groups in total. The highest BCUT2D eigenvalue weighted by atomic mass is 35.5. The van der Waals surface area contributed by atoms with Crippen LogP contribution in [0.1, 0.15) is 21.6 Å². The third kappa shape index (κ3) is 3.12. The minimum Gasteiger partial charge on any atom is -0.348 e. The van der Waals surface area contributed by atoms with E-state index < -0.39 is 11.7 Å². The average molecular weight is 282 g/mol. The molecule has 100 valence electrons. The molecule has 0 saturated heterocycles. The number of nitrogens with one attached hydrogen (secondary N) is 1. The van der Waals surface area contributed by atoms with Gasteiger partial charge in [-0.05, 0) is 25.1 Å². The van der Waals surface area contributed by atoms with E-state index in [2.05, 4.69) is 10.4 Å². The van der Waals surface area contributed by atoms with E-state index >= 15 is 0 Å². The lowest BCUT2D eigenvalue weighted by atomic mass is 10.2. The molecule has 1 aromatic heterocycles. The number of rotatable bonds is 3. The van der Waals surface area contributed by atoms with Gasteiger partial charge in [0.15, 0.2) is 0 Å². The molecule has 6 heteroatoms. The van der Waals surface area contributed by atoms with Crippen LogP contribution in [0.4, 0.5) is 4.39 Å². The quantitative estimate of drug-likeness (QED) is 0.939. The van der Waals surface area contributed by atoms with Gasteiger partial charge in [0.25, 0.3) is 5.91 Å². The zero-order valence-corrected chi connectivity index (χ0v) is 11.3. The van der Waals surface area contributed by atoms with Crippen LogP contribution in [0, 0.1) is 12.7 Å². The van der Waals surface area contributed by atoms with E-state index in [0.29, 0.717) is 11.6 Å². The third-order valence-corrected chi connectivity index (χ3v) is 2.96. The van der Waals surface area contributed by atoms with Gasteiger partial charge in [-0.25, -0.2) is 4.39 Å². The van der Waals surface area contributed by atoms with Crippen molar-refractivity contribution in [1.82, 2.24) is 15.1 Å². The van der Waals surface area contributed by atoms with Crippen molar-refractivity contribution in [2.24, 2.45) is 7.05 Å². The van der Waals surface area contributed by atoms with Crippen molar-refractivity contribution in [3.63, 3.8) is 0 Å². The molecule has 1 amide bonds. The van der Waals surface area contributed by atoms with Gasteiger partial charge >= 0.3 is 0 Å². The minimum atomic E-state index is -0.593. The van der Waals surface area contributed by atoms with Gasteiger partial charge in [0.2, 0.25) is 0 Å². The van der Waals surface area contributed by atoms with Gasteiger partial charge in [-0.2, -0.15) is 5.10 Å². The summed E-state index contributed by atoms with van der Waals surface area (Å²) >= 11 is 5.75. The summed E-state index contributed by atoms with van der Waals surface area (Å²) in [5, 5.41) is 7.13. The third-order valence-electron chi connectivity index (χ3n) is 2.73. The maximum atomic E-state index is 13.5. The Labute approximate surface area is 115 Å². The van der Waals surface area contributed by atoms with Gasteiger partial charge in [-0.15, -0.1) is 0 Å². The Morgan fingerprint density at radius 3 is 2.89 bits per heavy atom. The van der Waals surface area contributed by atoms with E-state index in [9.17, 15) is 9.18 Å². The smallest absolute Gasteiger partial charge is 0.254 e. The number of benzene rings is 1. The van der Waals surface area contributed by atoms with Crippen molar-refractivity contribution in [2.45, 2.75) is 13.5 Å². The molecular formula is C13H13ClFN3O. The molecule has 2 aromatic rings. The van der Waals surface area contributed by atoms with Crippen LogP contribution in [0.2, 0.25) is 5.02 Å². The predicted molar refractivity (Wildman–Crippen MR) is 70.5 cm³/mol. The molecule has 0 radical (unpaired) electrons. The molecule has 0 spiro atoms. The largest absolute Gasteiger partial charge is 0.348 e. The monoisotopic (exact) mass is 281 g/mol. The topological polar surface area (TPSA) is 46.9 Å². The summed E-state index contributed by atoms with van der Waals surface area (Å²) in [5.41, 5.74) is 1.65. The summed E-state index contributed by atoms with van der Waals surface area (Å²) in [7, 11) is 1.80. The Morgan fingerprint density at radius 2 is 2.26 bits per heavy atom. The molecule has 0 atom stereocenters. The van der Waals surface area contributed by atoms with Gasteiger partial charge in [0.1, 0.15) is 5.82 Å². The number of aromatic nitrogens is 2. The highest BCUT2D eigenvalue weighted by Gasteiger charge is 2.13. The number of halogens is 2. The first-order valence-corrected chi connectivity index (χ1v) is 6.07. The molecule has 0 fully saturated rings. The van der Waals surface area contributed by atoms with E-state index in [1.807, 2.05) is 13.1 Å². The highest BCUT2D eigenvalue weighted by Crippen LogP contribution is 2.15. The maximum absolute atomic E-state index is 13.5. The number of hydrogen-bond acceptors (Lipinski definition) is 2. The second kappa shape index (κ2) is 5.40. The van der Waals surface area contributed by atoms with Crippen molar-refractivity contribution in [3.05, 3.63) is 52.1 Å². The van der Waals surface area contributed by atoms with Crippen LogP contribution in [0.25, 0.3) is 0 Å². The molecule has 0 aliphatic rings. The highest BCUT2D eigenvalue weighted by molar-refractivity contribution is 6.30. The van der Waals surface area contributed by atoms with Crippen LogP contribution in [0.3, 0.4) is 0 Å². The van der Waals surface area contributed by atoms with Crippen molar-refractivity contribution >= 4 is 17.5 Å². The summed E-state index contributed by atoms with van der Waals surface area (Å²) in [6.07, 6.45) is 1.81.